The number of methoxy groups -OCH3 is 1. The number of sulfonamides is 1. The van der Waals surface area contributed by atoms with Crippen LogP contribution < -0.4 is 16.0 Å². The molecule has 0 amide bonds. The van der Waals surface area contributed by atoms with E-state index in [0.29, 0.717) is 27.7 Å². The van der Waals surface area contributed by atoms with Crippen LogP contribution in [0.3, 0.4) is 0 Å². The Bertz CT molecular complexity index is 1560. The number of nitrogens with one attached hydrogen (secondary N) is 1. The van der Waals surface area contributed by atoms with E-state index < -0.39 is 15.6 Å². The molecule has 0 saturated carbocycles. The largest absolute Gasteiger partial charge is 0.378 e. The van der Waals surface area contributed by atoms with Gasteiger partial charge in [-0.1, -0.05) is 24.3 Å². The molecule has 2 aromatic carbocycles. The summed E-state index contributed by atoms with van der Waals surface area (Å²) in [5, 5.41) is 0.346. The second kappa shape index (κ2) is 9.21. The van der Waals surface area contributed by atoms with Crippen LogP contribution in [0.15, 0.2) is 70.5 Å². The SMILES string of the molecule is COCc1ncc(-c2ccc3nc(N)n(-c4ccccc4)c(=O)c3c2)cc1S(=O)(=O)NC(C)(C)C. The Labute approximate surface area is 203 Å². The maximum absolute atomic E-state index is 13.4. The number of hydrogen-bond acceptors (Lipinski definition) is 7. The van der Waals surface area contributed by atoms with Gasteiger partial charge in [-0.05, 0) is 56.7 Å². The van der Waals surface area contributed by atoms with Crippen molar-refractivity contribution in [3.63, 3.8) is 0 Å². The Morgan fingerprint density at radius 1 is 1.06 bits per heavy atom. The van der Waals surface area contributed by atoms with Crippen LogP contribution in [0.25, 0.3) is 27.7 Å². The monoisotopic (exact) mass is 493 g/mol. The van der Waals surface area contributed by atoms with Crippen molar-refractivity contribution < 1.29 is 13.2 Å². The number of benzene rings is 2. The minimum Gasteiger partial charge on any atom is -0.378 e. The molecule has 0 unspecified atom stereocenters. The molecule has 4 aromatic rings. The summed E-state index contributed by atoms with van der Waals surface area (Å²) < 4.78 is 35.5. The minimum atomic E-state index is -3.89. The highest BCUT2D eigenvalue weighted by molar-refractivity contribution is 7.89. The zero-order valence-corrected chi connectivity index (χ0v) is 20.8. The Balaban J connectivity index is 1.88. The summed E-state index contributed by atoms with van der Waals surface area (Å²) in [7, 11) is -2.41. The molecule has 0 atom stereocenters. The number of nitrogens with two attached hydrogens (primary N) is 1. The Morgan fingerprint density at radius 2 is 1.77 bits per heavy atom. The van der Waals surface area contributed by atoms with Gasteiger partial charge in [0.25, 0.3) is 5.56 Å². The summed E-state index contributed by atoms with van der Waals surface area (Å²) in [6, 6.07) is 15.6. The van der Waals surface area contributed by atoms with Crippen molar-refractivity contribution in [1.82, 2.24) is 19.3 Å². The smallest absolute Gasteiger partial charge is 0.267 e. The second-order valence-electron chi connectivity index (χ2n) is 9.14. The standard InChI is InChI=1S/C25H27N5O4S/c1-25(2,3)29-35(32,33)22-13-17(14-27-21(22)15-34-4)16-10-11-20-19(12-16)23(31)30(24(26)28-20)18-8-6-5-7-9-18/h5-14,29H,15H2,1-4H3,(H2,26,28). The summed E-state index contributed by atoms with van der Waals surface area (Å²) in [5.74, 6) is 0.0775. The third-order valence-electron chi connectivity index (χ3n) is 5.18. The fourth-order valence-corrected chi connectivity index (χ4v) is 5.40. The van der Waals surface area contributed by atoms with E-state index in [1.54, 1.807) is 57.3 Å². The Morgan fingerprint density at radius 3 is 2.43 bits per heavy atom. The Kier molecular flexibility index (Phi) is 6.46. The second-order valence-corrected chi connectivity index (χ2v) is 10.8. The molecule has 35 heavy (non-hydrogen) atoms. The van der Waals surface area contributed by atoms with Crippen molar-refractivity contribution in [2.75, 3.05) is 12.8 Å². The van der Waals surface area contributed by atoms with Gasteiger partial charge in [0.2, 0.25) is 16.0 Å². The number of hydrogen-bond donors (Lipinski definition) is 2. The van der Waals surface area contributed by atoms with Crippen LogP contribution in [0.4, 0.5) is 5.95 Å². The fourth-order valence-electron chi connectivity index (χ4n) is 3.78. The van der Waals surface area contributed by atoms with Crippen LogP contribution in [0.2, 0.25) is 0 Å². The quantitative estimate of drug-likeness (QED) is 0.422. The van der Waals surface area contributed by atoms with Gasteiger partial charge in [-0.25, -0.2) is 22.7 Å². The number of nitrogen functional groups attached to an aromatic ring is 1. The van der Waals surface area contributed by atoms with E-state index in [2.05, 4.69) is 14.7 Å². The van der Waals surface area contributed by atoms with Gasteiger partial charge < -0.3 is 10.5 Å². The highest BCUT2D eigenvalue weighted by atomic mass is 32.2. The van der Waals surface area contributed by atoms with Crippen LogP contribution in [0.5, 0.6) is 0 Å². The van der Waals surface area contributed by atoms with Gasteiger partial charge in [0.05, 0.1) is 28.9 Å². The zero-order valence-electron chi connectivity index (χ0n) is 19.9. The van der Waals surface area contributed by atoms with Crippen molar-refractivity contribution in [2.24, 2.45) is 0 Å². The van der Waals surface area contributed by atoms with Crippen molar-refractivity contribution in [2.45, 2.75) is 37.8 Å². The molecule has 3 N–H and O–H groups in total. The fraction of sp³-hybridized carbons (Fsp3) is 0.240. The predicted molar refractivity (Wildman–Crippen MR) is 136 cm³/mol. The lowest BCUT2D eigenvalue weighted by Gasteiger charge is -2.21. The molecule has 2 heterocycles. The molecule has 182 valence electrons. The van der Waals surface area contributed by atoms with Crippen LogP contribution in [0.1, 0.15) is 26.5 Å². The molecular formula is C25H27N5O4S. The van der Waals surface area contributed by atoms with E-state index in [1.165, 1.54) is 17.7 Å². The predicted octanol–water partition coefficient (Wildman–Crippen LogP) is 3.25. The summed E-state index contributed by atoms with van der Waals surface area (Å²) in [6.07, 6.45) is 1.56. The summed E-state index contributed by atoms with van der Waals surface area (Å²) in [4.78, 5) is 22.1. The van der Waals surface area contributed by atoms with Gasteiger partial charge in [0.15, 0.2) is 0 Å². The lowest BCUT2D eigenvalue weighted by molar-refractivity contribution is 0.179. The van der Waals surface area contributed by atoms with Gasteiger partial charge in [-0.15, -0.1) is 0 Å². The highest BCUT2D eigenvalue weighted by Crippen LogP contribution is 2.27. The molecule has 4 rings (SSSR count). The first-order chi connectivity index (χ1) is 16.5. The first-order valence-corrected chi connectivity index (χ1v) is 12.4. The van der Waals surface area contributed by atoms with E-state index in [9.17, 15) is 13.2 Å². The van der Waals surface area contributed by atoms with Gasteiger partial charge in [0.1, 0.15) is 4.90 Å². The van der Waals surface area contributed by atoms with E-state index in [1.807, 2.05) is 18.2 Å². The maximum atomic E-state index is 13.4. The number of aromatic nitrogens is 3. The maximum Gasteiger partial charge on any atom is 0.267 e. The topological polar surface area (TPSA) is 129 Å². The molecule has 0 bridgehead atoms. The number of rotatable bonds is 6. The average molecular weight is 494 g/mol. The number of para-hydroxylation sites is 1. The molecule has 10 heteroatoms. The van der Waals surface area contributed by atoms with Crippen molar-refractivity contribution in [1.29, 1.82) is 0 Å². The molecule has 0 saturated heterocycles. The summed E-state index contributed by atoms with van der Waals surface area (Å²) in [5.41, 5.74) is 7.55. The summed E-state index contributed by atoms with van der Waals surface area (Å²) >= 11 is 0. The first kappa shape index (κ1) is 24.5. The van der Waals surface area contributed by atoms with Crippen LogP contribution in [-0.4, -0.2) is 35.6 Å². The number of anilines is 1. The number of ether oxygens (including phenoxy) is 1. The molecule has 0 aliphatic heterocycles. The number of nitrogens with zero attached hydrogens (tertiary/aromatic N) is 3. The van der Waals surface area contributed by atoms with Gasteiger partial charge in [-0.2, -0.15) is 0 Å². The van der Waals surface area contributed by atoms with Crippen molar-refractivity contribution in [3.8, 4) is 16.8 Å². The first-order valence-electron chi connectivity index (χ1n) is 10.9. The van der Waals surface area contributed by atoms with Crippen LogP contribution in [-0.2, 0) is 21.4 Å². The van der Waals surface area contributed by atoms with E-state index in [-0.39, 0.29) is 28.7 Å². The van der Waals surface area contributed by atoms with Crippen LogP contribution in [0, 0.1) is 0 Å². The lowest BCUT2D eigenvalue weighted by atomic mass is 10.0. The van der Waals surface area contributed by atoms with Gasteiger partial charge in [-0.3, -0.25) is 9.78 Å². The zero-order chi connectivity index (χ0) is 25.4. The molecule has 9 nitrogen and oxygen atoms in total. The van der Waals surface area contributed by atoms with Crippen LogP contribution >= 0.6 is 0 Å². The number of pyridine rings is 1. The normalized spacial score (nSPS) is 12.2. The van der Waals surface area contributed by atoms with Crippen molar-refractivity contribution in [3.05, 3.63) is 76.8 Å². The molecule has 0 spiro atoms. The van der Waals surface area contributed by atoms with Crippen molar-refractivity contribution >= 4 is 26.9 Å². The van der Waals surface area contributed by atoms with Gasteiger partial charge >= 0.3 is 0 Å². The minimum absolute atomic E-state index is 0.0176. The van der Waals surface area contributed by atoms with E-state index >= 15 is 0 Å². The van der Waals surface area contributed by atoms with Gasteiger partial charge in [0, 0.05) is 24.4 Å². The third-order valence-corrected chi connectivity index (χ3v) is 7.00. The third kappa shape index (κ3) is 5.09. The Hall–Kier alpha value is -3.60. The molecule has 2 aromatic heterocycles. The lowest BCUT2D eigenvalue weighted by Crippen LogP contribution is -2.40. The molecule has 0 radical (unpaired) electrons. The average Bonchev–Trinajstić information content (AvgIpc) is 2.78. The molecule has 0 fully saturated rings. The molecule has 0 aliphatic carbocycles. The summed E-state index contributed by atoms with van der Waals surface area (Å²) in [6.45, 7) is 5.32. The van der Waals surface area contributed by atoms with E-state index in [0.717, 1.165) is 0 Å². The highest BCUT2D eigenvalue weighted by Gasteiger charge is 2.26. The molecule has 0 aliphatic rings. The van der Waals surface area contributed by atoms with E-state index in [4.69, 9.17) is 10.5 Å². The molecular weight excluding hydrogens is 466 g/mol. The number of fused-ring (bicyclic) bond motifs is 1.